The van der Waals surface area contributed by atoms with Crippen molar-refractivity contribution in [1.29, 1.82) is 0 Å². The summed E-state index contributed by atoms with van der Waals surface area (Å²) in [6.45, 7) is 3.67. The zero-order valence-electron chi connectivity index (χ0n) is 16.3. The Morgan fingerprint density at radius 2 is 1.79 bits per heavy atom. The van der Waals surface area contributed by atoms with Gasteiger partial charge in [-0.1, -0.05) is 12.8 Å². The normalized spacial score (nSPS) is 20.1. The number of alkyl halides is 3. The Morgan fingerprint density at radius 1 is 1.14 bits per heavy atom. The number of aromatic nitrogens is 1. The Labute approximate surface area is 162 Å². The fourth-order valence-corrected chi connectivity index (χ4v) is 4.06. The smallest absolute Gasteiger partial charge is 0.393 e. The van der Waals surface area contributed by atoms with Crippen LogP contribution in [0.5, 0.6) is 5.75 Å². The van der Waals surface area contributed by atoms with Crippen LogP contribution in [0.3, 0.4) is 0 Å². The Hall–Kier alpha value is -2.44. The number of rotatable bonds is 4. The van der Waals surface area contributed by atoms with E-state index < -0.39 is 24.0 Å². The third-order valence-electron chi connectivity index (χ3n) is 5.51. The molecule has 28 heavy (non-hydrogen) atoms. The molecule has 7 heteroatoms. The van der Waals surface area contributed by atoms with E-state index in [1.807, 2.05) is 35.8 Å². The van der Waals surface area contributed by atoms with Crippen LogP contribution in [0.4, 0.5) is 13.2 Å². The van der Waals surface area contributed by atoms with Crippen molar-refractivity contribution < 1.29 is 22.7 Å². The molecular weight excluding hydrogens is 369 g/mol. The quantitative estimate of drug-likeness (QED) is 0.797. The van der Waals surface area contributed by atoms with Gasteiger partial charge in [0.1, 0.15) is 5.75 Å². The van der Waals surface area contributed by atoms with Crippen LogP contribution in [-0.4, -0.2) is 29.8 Å². The number of hydrogen-bond donors (Lipinski definition) is 1. The molecule has 4 nitrogen and oxygen atoms in total. The van der Waals surface area contributed by atoms with E-state index in [0.717, 1.165) is 17.1 Å². The van der Waals surface area contributed by atoms with E-state index >= 15 is 0 Å². The SMILES string of the molecule is COc1ccc(-n2c(C)cc(C(=O)N[C@@H]3CCCC[C@H]3C(F)(F)F)c2C)cc1. The maximum Gasteiger partial charge on any atom is 0.393 e. The summed E-state index contributed by atoms with van der Waals surface area (Å²) in [4.78, 5) is 12.8. The van der Waals surface area contributed by atoms with Crippen molar-refractivity contribution in [2.45, 2.75) is 51.7 Å². The molecule has 1 fully saturated rings. The molecule has 1 heterocycles. The van der Waals surface area contributed by atoms with Gasteiger partial charge in [0, 0.05) is 23.1 Å². The van der Waals surface area contributed by atoms with E-state index in [1.54, 1.807) is 20.1 Å². The summed E-state index contributed by atoms with van der Waals surface area (Å²) in [6.07, 6.45) is -2.63. The van der Waals surface area contributed by atoms with Gasteiger partial charge in [0.05, 0.1) is 18.6 Å². The summed E-state index contributed by atoms with van der Waals surface area (Å²) in [5.41, 5.74) is 2.80. The highest BCUT2D eigenvalue weighted by atomic mass is 19.4. The first-order chi connectivity index (χ1) is 13.2. The largest absolute Gasteiger partial charge is 0.497 e. The van der Waals surface area contributed by atoms with Crippen LogP contribution in [0.2, 0.25) is 0 Å². The molecule has 1 aromatic heterocycles. The van der Waals surface area contributed by atoms with E-state index in [1.165, 1.54) is 0 Å². The number of methoxy groups -OCH3 is 1. The van der Waals surface area contributed by atoms with E-state index in [-0.39, 0.29) is 6.42 Å². The molecule has 0 aliphatic heterocycles. The number of aryl methyl sites for hydroxylation is 1. The molecule has 2 aromatic rings. The average Bonchev–Trinajstić information content (AvgIpc) is 2.96. The Balaban J connectivity index is 1.84. The van der Waals surface area contributed by atoms with Crippen LogP contribution in [0, 0.1) is 19.8 Å². The number of halogens is 3. The van der Waals surface area contributed by atoms with Crippen molar-refractivity contribution in [1.82, 2.24) is 9.88 Å². The molecule has 0 spiro atoms. The van der Waals surface area contributed by atoms with Crippen LogP contribution in [0.25, 0.3) is 5.69 Å². The summed E-state index contributed by atoms with van der Waals surface area (Å²) >= 11 is 0. The van der Waals surface area contributed by atoms with E-state index in [2.05, 4.69) is 5.32 Å². The highest BCUT2D eigenvalue weighted by molar-refractivity contribution is 5.96. The van der Waals surface area contributed by atoms with Gasteiger partial charge in [0.15, 0.2) is 0 Å². The highest BCUT2D eigenvalue weighted by Crippen LogP contribution is 2.38. The van der Waals surface area contributed by atoms with Gasteiger partial charge in [-0.2, -0.15) is 13.2 Å². The van der Waals surface area contributed by atoms with Gasteiger partial charge in [-0.15, -0.1) is 0 Å². The van der Waals surface area contributed by atoms with Gasteiger partial charge >= 0.3 is 6.18 Å². The lowest BCUT2D eigenvalue weighted by molar-refractivity contribution is -0.187. The molecule has 1 saturated carbocycles. The second-order valence-corrected chi connectivity index (χ2v) is 7.33. The number of hydrogen-bond acceptors (Lipinski definition) is 2. The second kappa shape index (κ2) is 7.89. The Kier molecular flexibility index (Phi) is 5.72. The maximum atomic E-state index is 13.3. The number of carbonyl (C=O) groups is 1. The van der Waals surface area contributed by atoms with Crippen molar-refractivity contribution in [2.75, 3.05) is 7.11 Å². The summed E-state index contributed by atoms with van der Waals surface area (Å²) in [7, 11) is 1.59. The molecular formula is C21H25F3N2O2. The van der Waals surface area contributed by atoms with Gasteiger partial charge in [0.2, 0.25) is 0 Å². The molecule has 0 radical (unpaired) electrons. The van der Waals surface area contributed by atoms with Gasteiger partial charge in [-0.3, -0.25) is 4.79 Å². The number of nitrogens with one attached hydrogen (secondary N) is 1. The number of carbonyl (C=O) groups excluding carboxylic acids is 1. The Bertz CT molecular complexity index is 841. The van der Waals surface area contributed by atoms with Crippen LogP contribution in [0.15, 0.2) is 30.3 Å². The van der Waals surface area contributed by atoms with E-state index in [9.17, 15) is 18.0 Å². The van der Waals surface area contributed by atoms with Gasteiger partial charge in [-0.05, 0) is 57.0 Å². The first-order valence-electron chi connectivity index (χ1n) is 9.43. The van der Waals surface area contributed by atoms with E-state index in [4.69, 9.17) is 4.74 Å². The average molecular weight is 394 g/mol. The van der Waals surface area contributed by atoms with Crippen LogP contribution in [0.1, 0.15) is 47.4 Å². The predicted octanol–water partition coefficient (Wildman–Crippen LogP) is 4.95. The highest BCUT2D eigenvalue weighted by Gasteiger charge is 2.46. The summed E-state index contributed by atoms with van der Waals surface area (Å²) < 4.78 is 47.0. The lowest BCUT2D eigenvalue weighted by Crippen LogP contribution is -2.47. The maximum absolute atomic E-state index is 13.3. The second-order valence-electron chi connectivity index (χ2n) is 7.33. The molecule has 1 aliphatic rings. The fourth-order valence-electron chi connectivity index (χ4n) is 4.06. The van der Waals surface area contributed by atoms with Crippen LogP contribution in [-0.2, 0) is 0 Å². The standard InChI is InChI=1S/C21H25F3N2O2/c1-13-12-17(14(2)26(13)15-8-10-16(28-3)11-9-15)20(27)25-19-7-5-4-6-18(19)21(22,23)24/h8-12,18-19H,4-7H2,1-3H3,(H,25,27)/t18-,19-/m1/s1. The van der Waals surface area contributed by atoms with Gasteiger partial charge in [-0.25, -0.2) is 0 Å². The van der Waals surface area contributed by atoms with Gasteiger partial charge in [0.25, 0.3) is 5.91 Å². The monoisotopic (exact) mass is 394 g/mol. The van der Waals surface area contributed by atoms with Crippen molar-refractivity contribution in [3.63, 3.8) is 0 Å². The summed E-state index contributed by atoms with van der Waals surface area (Å²) in [5, 5.41) is 2.65. The molecule has 1 aliphatic carbocycles. The number of ether oxygens (including phenoxy) is 1. The third kappa shape index (κ3) is 4.03. The number of benzene rings is 1. The molecule has 1 aromatic carbocycles. The van der Waals surface area contributed by atoms with Crippen molar-refractivity contribution >= 4 is 5.91 Å². The minimum absolute atomic E-state index is 0.0688. The molecule has 0 bridgehead atoms. The molecule has 1 N–H and O–H groups in total. The van der Waals surface area contributed by atoms with Crippen molar-refractivity contribution in [3.05, 3.63) is 47.3 Å². The Morgan fingerprint density at radius 3 is 2.39 bits per heavy atom. The molecule has 0 saturated heterocycles. The third-order valence-corrected chi connectivity index (χ3v) is 5.51. The van der Waals surface area contributed by atoms with E-state index in [0.29, 0.717) is 30.5 Å². The zero-order chi connectivity index (χ0) is 20.5. The van der Waals surface area contributed by atoms with Crippen molar-refractivity contribution in [2.24, 2.45) is 5.92 Å². The van der Waals surface area contributed by atoms with Crippen LogP contribution < -0.4 is 10.1 Å². The number of nitrogens with zero attached hydrogens (tertiary/aromatic N) is 1. The lowest BCUT2D eigenvalue weighted by Gasteiger charge is -2.33. The molecule has 2 atom stereocenters. The molecule has 3 rings (SSSR count). The van der Waals surface area contributed by atoms with Crippen molar-refractivity contribution in [3.8, 4) is 11.4 Å². The topological polar surface area (TPSA) is 43.3 Å². The first kappa shape index (κ1) is 20.3. The minimum Gasteiger partial charge on any atom is -0.497 e. The molecule has 1 amide bonds. The first-order valence-corrected chi connectivity index (χ1v) is 9.43. The minimum atomic E-state index is -4.29. The summed E-state index contributed by atoms with van der Waals surface area (Å²) in [5.74, 6) is -1.20. The molecule has 152 valence electrons. The fraction of sp³-hybridized carbons (Fsp3) is 0.476. The number of amides is 1. The lowest BCUT2D eigenvalue weighted by atomic mass is 9.84. The van der Waals surface area contributed by atoms with Crippen LogP contribution >= 0.6 is 0 Å². The van der Waals surface area contributed by atoms with Gasteiger partial charge < -0.3 is 14.6 Å². The molecule has 0 unspecified atom stereocenters. The summed E-state index contributed by atoms with van der Waals surface area (Å²) in [6, 6.07) is 8.25. The zero-order valence-corrected chi connectivity index (χ0v) is 16.3. The predicted molar refractivity (Wildman–Crippen MR) is 101 cm³/mol.